The molecule has 2 N–H and O–H groups in total. The largest absolute Gasteiger partial charge is 0.370 e. The Labute approximate surface area is 150 Å². The fourth-order valence-electron chi connectivity index (χ4n) is 3.35. The highest BCUT2D eigenvalue weighted by molar-refractivity contribution is 5.89. The monoisotopic (exact) mass is 337 g/mol. The first-order chi connectivity index (χ1) is 12.2. The van der Waals surface area contributed by atoms with Gasteiger partial charge in [-0.05, 0) is 42.7 Å². The molecular weight excluding hydrogens is 310 g/mol. The van der Waals surface area contributed by atoms with Crippen LogP contribution in [0.1, 0.15) is 37.7 Å². The van der Waals surface area contributed by atoms with Crippen LogP contribution in [0.25, 0.3) is 0 Å². The van der Waals surface area contributed by atoms with E-state index in [9.17, 15) is 4.79 Å². The molecule has 0 atom stereocenters. The molecule has 1 fully saturated rings. The summed E-state index contributed by atoms with van der Waals surface area (Å²) in [6.45, 7) is 0.857. The average Bonchev–Trinajstić information content (AvgIpc) is 2.64. The summed E-state index contributed by atoms with van der Waals surface area (Å²) in [7, 11) is 2.07. The third-order valence-electron chi connectivity index (χ3n) is 4.77. The molecule has 1 aliphatic carbocycles. The molecule has 0 bridgehead atoms. The molecule has 1 aliphatic rings. The number of amides is 2. The van der Waals surface area contributed by atoms with Gasteiger partial charge in [0.2, 0.25) is 0 Å². The lowest BCUT2D eigenvalue weighted by atomic mass is 9.96. The van der Waals surface area contributed by atoms with Gasteiger partial charge in [-0.25, -0.2) is 4.79 Å². The molecule has 4 nitrogen and oxygen atoms in total. The van der Waals surface area contributed by atoms with Crippen molar-refractivity contribution in [1.29, 1.82) is 0 Å². The first-order valence-electron chi connectivity index (χ1n) is 9.13. The molecule has 2 aromatic rings. The van der Waals surface area contributed by atoms with Crippen molar-refractivity contribution in [3.05, 3.63) is 60.2 Å². The highest BCUT2D eigenvalue weighted by Crippen LogP contribution is 2.20. The number of hydrogen-bond donors (Lipinski definition) is 2. The lowest BCUT2D eigenvalue weighted by Crippen LogP contribution is -2.39. The van der Waals surface area contributed by atoms with Crippen LogP contribution in [0.3, 0.4) is 0 Å². The topological polar surface area (TPSA) is 44.4 Å². The third kappa shape index (κ3) is 5.24. The van der Waals surface area contributed by atoms with Crippen molar-refractivity contribution in [2.45, 2.75) is 44.7 Å². The van der Waals surface area contributed by atoms with Crippen molar-refractivity contribution in [3.63, 3.8) is 0 Å². The van der Waals surface area contributed by atoms with E-state index in [1.807, 2.05) is 30.3 Å². The van der Waals surface area contributed by atoms with Gasteiger partial charge < -0.3 is 15.5 Å². The minimum atomic E-state index is -0.0997. The summed E-state index contributed by atoms with van der Waals surface area (Å²) < 4.78 is 0. The predicted octanol–water partition coefficient (Wildman–Crippen LogP) is 4.78. The van der Waals surface area contributed by atoms with Crippen molar-refractivity contribution in [2.24, 2.45) is 0 Å². The van der Waals surface area contributed by atoms with E-state index < -0.39 is 0 Å². The molecule has 2 amide bonds. The van der Waals surface area contributed by atoms with E-state index in [2.05, 4.69) is 46.8 Å². The minimum absolute atomic E-state index is 0.0997. The van der Waals surface area contributed by atoms with Gasteiger partial charge in [-0.2, -0.15) is 0 Å². The molecule has 3 rings (SSSR count). The molecule has 0 saturated heterocycles. The van der Waals surface area contributed by atoms with E-state index in [4.69, 9.17) is 0 Å². The summed E-state index contributed by atoms with van der Waals surface area (Å²) in [6.07, 6.45) is 5.91. The Balaban J connectivity index is 1.51. The first-order valence-corrected chi connectivity index (χ1v) is 9.13. The van der Waals surface area contributed by atoms with E-state index in [-0.39, 0.29) is 6.03 Å². The lowest BCUT2D eigenvalue weighted by Gasteiger charge is -2.23. The number of rotatable bonds is 5. The SMILES string of the molecule is CN(Cc1ccccc1)c1ccc(NC(=O)NC2CCCCC2)cc1. The quantitative estimate of drug-likeness (QED) is 0.825. The van der Waals surface area contributed by atoms with E-state index >= 15 is 0 Å². The fourth-order valence-corrected chi connectivity index (χ4v) is 3.35. The molecule has 1 saturated carbocycles. The smallest absolute Gasteiger partial charge is 0.319 e. The molecule has 2 aromatic carbocycles. The van der Waals surface area contributed by atoms with Gasteiger partial charge in [-0.1, -0.05) is 49.6 Å². The molecule has 0 aliphatic heterocycles. The van der Waals surface area contributed by atoms with Crippen LogP contribution >= 0.6 is 0 Å². The Kier molecular flexibility index (Phi) is 5.94. The number of nitrogens with one attached hydrogen (secondary N) is 2. The van der Waals surface area contributed by atoms with Crippen LogP contribution in [-0.4, -0.2) is 19.1 Å². The highest BCUT2D eigenvalue weighted by atomic mass is 16.2. The van der Waals surface area contributed by atoms with E-state index in [0.717, 1.165) is 30.8 Å². The molecule has 0 heterocycles. The number of benzene rings is 2. The lowest BCUT2D eigenvalue weighted by molar-refractivity contribution is 0.244. The summed E-state index contributed by atoms with van der Waals surface area (Å²) in [6, 6.07) is 18.6. The number of carbonyl (C=O) groups is 1. The maximum absolute atomic E-state index is 12.1. The zero-order chi connectivity index (χ0) is 17.5. The summed E-state index contributed by atoms with van der Waals surface area (Å²) in [5.74, 6) is 0. The van der Waals surface area contributed by atoms with Gasteiger partial charge in [-0.15, -0.1) is 0 Å². The third-order valence-corrected chi connectivity index (χ3v) is 4.77. The Morgan fingerprint density at radius 3 is 2.36 bits per heavy atom. The minimum Gasteiger partial charge on any atom is -0.370 e. The van der Waals surface area contributed by atoms with Crippen LogP contribution in [0.2, 0.25) is 0 Å². The Morgan fingerprint density at radius 2 is 1.68 bits per heavy atom. The first kappa shape index (κ1) is 17.3. The second-order valence-electron chi connectivity index (χ2n) is 6.82. The molecule has 0 radical (unpaired) electrons. The summed E-state index contributed by atoms with van der Waals surface area (Å²) in [5, 5.41) is 6.01. The predicted molar refractivity (Wildman–Crippen MR) is 104 cm³/mol. The van der Waals surface area contributed by atoms with Crippen LogP contribution in [0.4, 0.5) is 16.2 Å². The Hall–Kier alpha value is -2.49. The Bertz CT molecular complexity index is 663. The summed E-state index contributed by atoms with van der Waals surface area (Å²) >= 11 is 0. The number of urea groups is 1. The molecule has 25 heavy (non-hydrogen) atoms. The highest BCUT2D eigenvalue weighted by Gasteiger charge is 2.15. The zero-order valence-electron chi connectivity index (χ0n) is 14.9. The number of carbonyl (C=O) groups excluding carboxylic acids is 1. The van der Waals surface area contributed by atoms with Crippen LogP contribution in [0.5, 0.6) is 0 Å². The normalized spacial score (nSPS) is 14.8. The molecule has 132 valence electrons. The molecule has 0 spiro atoms. The van der Waals surface area contributed by atoms with Gasteiger partial charge in [0.25, 0.3) is 0 Å². The zero-order valence-corrected chi connectivity index (χ0v) is 14.9. The number of hydrogen-bond acceptors (Lipinski definition) is 2. The fraction of sp³-hybridized carbons (Fsp3) is 0.381. The van der Waals surface area contributed by atoms with Crippen molar-refractivity contribution < 1.29 is 4.79 Å². The van der Waals surface area contributed by atoms with Gasteiger partial charge in [-0.3, -0.25) is 0 Å². The summed E-state index contributed by atoms with van der Waals surface area (Å²) in [4.78, 5) is 14.3. The molecule has 4 heteroatoms. The van der Waals surface area contributed by atoms with E-state index in [0.29, 0.717) is 6.04 Å². The van der Waals surface area contributed by atoms with Gasteiger partial charge in [0.05, 0.1) is 0 Å². The average molecular weight is 337 g/mol. The van der Waals surface area contributed by atoms with Crippen LogP contribution in [-0.2, 0) is 6.54 Å². The van der Waals surface area contributed by atoms with Crippen molar-refractivity contribution >= 4 is 17.4 Å². The van der Waals surface area contributed by atoms with Gasteiger partial charge in [0.15, 0.2) is 0 Å². The van der Waals surface area contributed by atoms with Crippen LogP contribution in [0, 0.1) is 0 Å². The maximum Gasteiger partial charge on any atom is 0.319 e. The maximum atomic E-state index is 12.1. The molecular formula is C21H27N3O. The van der Waals surface area contributed by atoms with Gasteiger partial charge >= 0.3 is 6.03 Å². The number of anilines is 2. The second kappa shape index (κ2) is 8.56. The van der Waals surface area contributed by atoms with Gasteiger partial charge in [0.1, 0.15) is 0 Å². The van der Waals surface area contributed by atoms with Crippen molar-refractivity contribution in [1.82, 2.24) is 5.32 Å². The Morgan fingerprint density at radius 1 is 1.00 bits per heavy atom. The summed E-state index contributed by atoms with van der Waals surface area (Å²) in [5.41, 5.74) is 3.23. The second-order valence-corrected chi connectivity index (χ2v) is 6.82. The van der Waals surface area contributed by atoms with Gasteiger partial charge in [0, 0.05) is 31.0 Å². The van der Waals surface area contributed by atoms with Crippen LogP contribution < -0.4 is 15.5 Å². The standard InChI is InChI=1S/C21H27N3O/c1-24(16-17-8-4-2-5-9-17)20-14-12-19(13-15-20)23-21(25)22-18-10-6-3-7-11-18/h2,4-5,8-9,12-15,18H,3,6-7,10-11,16H2,1H3,(H2,22,23,25). The van der Waals surface area contributed by atoms with E-state index in [1.54, 1.807) is 0 Å². The van der Waals surface area contributed by atoms with Crippen molar-refractivity contribution in [3.8, 4) is 0 Å². The molecule has 0 unspecified atom stereocenters. The van der Waals surface area contributed by atoms with E-state index in [1.165, 1.54) is 24.8 Å². The number of nitrogens with zero attached hydrogens (tertiary/aromatic N) is 1. The van der Waals surface area contributed by atoms with Crippen molar-refractivity contribution in [2.75, 3.05) is 17.3 Å². The van der Waals surface area contributed by atoms with Crippen LogP contribution in [0.15, 0.2) is 54.6 Å². The molecule has 0 aromatic heterocycles.